The highest BCUT2D eigenvalue weighted by Crippen LogP contribution is 2.19. The molecule has 2 aliphatic rings. The van der Waals surface area contributed by atoms with Gasteiger partial charge in [-0.15, -0.1) is 0 Å². The van der Waals surface area contributed by atoms with Crippen molar-refractivity contribution >= 4 is 11.8 Å². The minimum Gasteiger partial charge on any atom is -0.342 e. The lowest BCUT2D eigenvalue weighted by atomic mass is 9.98. The van der Waals surface area contributed by atoms with Crippen LogP contribution in [0, 0.1) is 0 Å². The number of carbonyl (C=O) groups is 2. The smallest absolute Gasteiger partial charge is 0.246 e. The third-order valence-corrected chi connectivity index (χ3v) is 5.20. The van der Waals surface area contributed by atoms with Crippen LogP contribution in [0.4, 0.5) is 0 Å². The van der Waals surface area contributed by atoms with Crippen molar-refractivity contribution in [2.45, 2.75) is 25.0 Å². The standard InChI is InChI=1S/C21H23N3O2/c25-20-19-15-23(14-17-9-5-2-6-10-17)11-12-24(19)21(26)18(22-20)13-16-7-3-1-4-8-16/h1-10,18-19H,11-15H2,(H,22,25)/t18-,19-/m1/s1. The predicted octanol–water partition coefficient (Wildman–Crippen LogP) is 1.44. The lowest BCUT2D eigenvalue weighted by Crippen LogP contribution is -2.69. The van der Waals surface area contributed by atoms with Crippen molar-refractivity contribution in [2.75, 3.05) is 19.6 Å². The van der Waals surface area contributed by atoms with Crippen molar-refractivity contribution in [1.82, 2.24) is 15.1 Å². The molecule has 0 unspecified atom stereocenters. The van der Waals surface area contributed by atoms with E-state index in [1.165, 1.54) is 5.56 Å². The Labute approximate surface area is 153 Å². The molecule has 2 amide bonds. The van der Waals surface area contributed by atoms with Gasteiger partial charge in [-0.2, -0.15) is 0 Å². The fourth-order valence-corrected chi connectivity index (χ4v) is 3.83. The van der Waals surface area contributed by atoms with Gasteiger partial charge in [0.1, 0.15) is 12.1 Å². The molecule has 2 aromatic rings. The second-order valence-corrected chi connectivity index (χ2v) is 7.02. The van der Waals surface area contributed by atoms with E-state index in [-0.39, 0.29) is 17.9 Å². The zero-order valence-corrected chi connectivity index (χ0v) is 14.7. The lowest BCUT2D eigenvalue weighted by molar-refractivity contribution is -0.153. The number of carbonyl (C=O) groups excluding carboxylic acids is 2. The Kier molecular flexibility index (Phi) is 4.71. The molecular formula is C21H23N3O2. The van der Waals surface area contributed by atoms with Gasteiger partial charge in [0.15, 0.2) is 0 Å². The molecule has 26 heavy (non-hydrogen) atoms. The van der Waals surface area contributed by atoms with Crippen molar-refractivity contribution in [1.29, 1.82) is 0 Å². The molecule has 2 aromatic carbocycles. The molecule has 1 N–H and O–H groups in total. The van der Waals surface area contributed by atoms with Gasteiger partial charge in [0.05, 0.1) is 0 Å². The van der Waals surface area contributed by atoms with Gasteiger partial charge >= 0.3 is 0 Å². The summed E-state index contributed by atoms with van der Waals surface area (Å²) in [5.74, 6) is 0.00102. The van der Waals surface area contributed by atoms with Gasteiger partial charge in [-0.05, 0) is 11.1 Å². The van der Waals surface area contributed by atoms with Crippen LogP contribution in [0.3, 0.4) is 0 Å². The normalized spacial score (nSPS) is 23.5. The average molecular weight is 349 g/mol. The molecule has 2 saturated heterocycles. The molecule has 2 fully saturated rings. The number of amides is 2. The number of hydrogen-bond acceptors (Lipinski definition) is 3. The first-order valence-corrected chi connectivity index (χ1v) is 9.12. The second-order valence-electron chi connectivity index (χ2n) is 7.02. The highest BCUT2D eigenvalue weighted by atomic mass is 16.2. The van der Waals surface area contributed by atoms with Crippen molar-refractivity contribution in [3.05, 3.63) is 71.8 Å². The summed E-state index contributed by atoms with van der Waals surface area (Å²) in [7, 11) is 0. The van der Waals surface area contributed by atoms with Crippen LogP contribution in [0.25, 0.3) is 0 Å². The zero-order chi connectivity index (χ0) is 17.9. The maximum Gasteiger partial charge on any atom is 0.246 e. The number of rotatable bonds is 4. The van der Waals surface area contributed by atoms with Gasteiger partial charge in [0, 0.05) is 32.6 Å². The van der Waals surface area contributed by atoms with Gasteiger partial charge in [-0.25, -0.2) is 0 Å². The molecule has 0 radical (unpaired) electrons. The largest absolute Gasteiger partial charge is 0.342 e. The van der Waals surface area contributed by atoms with Crippen molar-refractivity contribution in [3.8, 4) is 0 Å². The number of nitrogens with one attached hydrogen (secondary N) is 1. The molecule has 0 aromatic heterocycles. The van der Waals surface area contributed by atoms with Crippen molar-refractivity contribution < 1.29 is 9.59 Å². The summed E-state index contributed by atoms with van der Waals surface area (Å²) in [5.41, 5.74) is 2.29. The first-order valence-electron chi connectivity index (χ1n) is 9.12. The number of benzene rings is 2. The Hall–Kier alpha value is -2.66. The van der Waals surface area contributed by atoms with E-state index >= 15 is 0 Å². The van der Waals surface area contributed by atoms with E-state index in [1.54, 1.807) is 4.90 Å². The molecule has 5 nitrogen and oxygen atoms in total. The fraction of sp³-hybridized carbons (Fsp3) is 0.333. The average Bonchev–Trinajstić information content (AvgIpc) is 2.67. The number of hydrogen-bond donors (Lipinski definition) is 1. The summed E-state index contributed by atoms with van der Waals surface area (Å²) in [4.78, 5) is 29.5. The van der Waals surface area contributed by atoms with Gasteiger partial charge in [-0.1, -0.05) is 60.7 Å². The van der Waals surface area contributed by atoms with Gasteiger partial charge in [-0.3, -0.25) is 14.5 Å². The van der Waals surface area contributed by atoms with E-state index in [4.69, 9.17) is 0 Å². The van der Waals surface area contributed by atoms with Crippen LogP contribution in [-0.2, 0) is 22.6 Å². The van der Waals surface area contributed by atoms with E-state index in [1.807, 2.05) is 48.5 Å². The quantitative estimate of drug-likeness (QED) is 0.909. The van der Waals surface area contributed by atoms with Crippen LogP contribution in [0.15, 0.2) is 60.7 Å². The van der Waals surface area contributed by atoms with Crippen LogP contribution in [0.1, 0.15) is 11.1 Å². The van der Waals surface area contributed by atoms with Crippen molar-refractivity contribution in [3.63, 3.8) is 0 Å². The Bertz CT molecular complexity index is 778. The van der Waals surface area contributed by atoms with Crippen LogP contribution in [0.5, 0.6) is 0 Å². The zero-order valence-electron chi connectivity index (χ0n) is 14.7. The summed E-state index contributed by atoms with van der Waals surface area (Å²) < 4.78 is 0. The minimum absolute atomic E-state index is 0.0386. The van der Waals surface area contributed by atoms with Gasteiger partial charge < -0.3 is 10.2 Å². The highest BCUT2D eigenvalue weighted by Gasteiger charge is 2.43. The first kappa shape index (κ1) is 16.8. The van der Waals surface area contributed by atoms with Crippen LogP contribution in [-0.4, -0.2) is 53.3 Å². The summed E-state index contributed by atoms with van der Waals surface area (Å²) in [6, 6.07) is 19.2. The van der Waals surface area contributed by atoms with E-state index < -0.39 is 6.04 Å². The Morgan fingerprint density at radius 1 is 0.885 bits per heavy atom. The fourth-order valence-electron chi connectivity index (χ4n) is 3.83. The molecule has 2 atom stereocenters. The number of nitrogens with zero attached hydrogens (tertiary/aromatic N) is 2. The predicted molar refractivity (Wildman–Crippen MR) is 99.3 cm³/mol. The van der Waals surface area contributed by atoms with Gasteiger partial charge in [0.2, 0.25) is 11.8 Å². The van der Waals surface area contributed by atoms with Crippen LogP contribution in [0.2, 0.25) is 0 Å². The highest BCUT2D eigenvalue weighted by molar-refractivity contribution is 5.97. The molecule has 0 aliphatic carbocycles. The van der Waals surface area contributed by atoms with E-state index in [0.717, 1.165) is 18.7 Å². The molecule has 0 bridgehead atoms. The first-order chi connectivity index (χ1) is 12.7. The molecule has 134 valence electrons. The summed E-state index contributed by atoms with van der Waals surface area (Å²) in [6.45, 7) is 2.79. The lowest BCUT2D eigenvalue weighted by Gasteiger charge is -2.45. The summed E-state index contributed by atoms with van der Waals surface area (Å²) in [6.07, 6.45) is 0.544. The molecule has 4 rings (SSSR count). The van der Waals surface area contributed by atoms with Gasteiger partial charge in [0.25, 0.3) is 0 Å². The molecular weight excluding hydrogens is 326 g/mol. The Morgan fingerprint density at radius 2 is 1.54 bits per heavy atom. The van der Waals surface area contributed by atoms with E-state index in [2.05, 4.69) is 22.3 Å². The molecule has 0 saturated carbocycles. The third-order valence-electron chi connectivity index (χ3n) is 5.20. The second kappa shape index (κ2) is 7.30. The Balaban J connectivity index is 1.42. The summed E-state index contributed by atoms with van der Waals surface area (Å²) >= 11 is 0. The van der Waals surface area contributed by atoms with Crippen LogP contribution < -0.4 is 5.32 Å². The summed E-state index contributed by atoms with van der Waals surface area (Å²) in [5, 5.41) is 2.94. The maximum atomic E-state index is 12.9. The molecule has 2 aliphatic heterocycles. The van der Waals surface area contributed by atoms with E-state index in [9.17, 15) is 9.59 Å². The Morgan fingerprint density at radius 3 is 2.23 bits per heavy atom. The molecule has 2 heterocycles. The minimum atomic E-state index is -0.457. The number of piperazine rings is 2. The monoisotopic (exact) mass is 349 g/mol. The third kappa shape index (κ3) is 3.48. The topological polar surface area (TPSA) is 52.7 Å². The van der Waals surface area contributed by atoms with Crippen LogP contribution >= 0.6 is 0 Å². The molecule has 5 heteroatoms. The SMILES string of the molecule is O=C1N[C@H](Cc2ccccc2)C(=O)N2CCN(Cc3ccccc3)C[C@H]12. The van der Waals surface area contributed by atoms with E-state index in [0.29, 0.717) is 19.5 Å². The molecule has 0 spiro atoms. The number of fused-ring (bicyclic) bond motifs is 1. The maximum absolute atomic E-state index is 12.9. The van der Waals surface area contributed by atoms with Crippen molar-refractivity contribution in [2.24, 2.45) is 0 Å².